The van der Waals surface area contributed by atoms with Crippen molar-refractivity contribution < 1.29 is 28.2 Å². The number of carboxylic acid groups (broad SMARTS) is 1. The van der Waals surface area contributed by atoms with Gasteiger partial charge in [-0.2, -0.15) is 5.10 Å². The number of carbonyl (C=O) groups excluding carboxylic acids is 1. The molecule has 1 aliphatic carbocycles. The van der Waals surface area contributed by atoms with Crippen LogP contribution in [0.1, 0.15) is 60.1 Å². The van der Waals surface area contributed by atoms with Crippen LogP contribution in [-0.2, 0) is 16.0 Å². The van der Waals surface area contributed by atoms with Gasteiger partial charge >= 0.3 is 6.09 Å². The van der Waals surface area contributed by atoms with E-state index in [0.29, 0.717) is 11.6 Å². The van der Waals surface area contributed by atoms with Crippen molar-refractivity contribution in [1.82, 2.24) is 20.7 Å². The van der Waals surface area contributed by atoms with Gasteiger partial charge in [-0.15, -0.1) is 0 Å². The zero-order valence-corrected chi connectivity index (χ0v) is 15.9. The van der Waals surface area contributed by atoms with Crippen LogP contribution >= 0.6 is 0 Å². The summed E-state index contributed by atoms with van der Waals surface area (Å²) < 4.78 is 10.5. The van der Waals surface area contributed by atoms with Gasteiger partial charge in [-0.1, -0.05) is 5.16 Å². The van der Waals surface area contributed by atoms with Crippen molar-refractivity contribution in [3.63, 3.8) is 0 Å². The first-order valence-electron chi connectivity index (χ1n) is 9.23. The molecule has 158 valence electrons. The Bertz CT molecular complexity index is 834. The molecule has 10 nitrogen and oxygen atoms in total. The van der Waals surface area contributed by atoms with Gasteiger partial charge in [0.2, 0.25) is 5.91 Å². The lowest BCUT2D eigenvalue weighted by atomic mass is 10.2. The van der Waals surface area contributed by atoms with E-state index in [0.717, 1.165) is 43.7 Å². The summed E-state index contributed by atoms with van der Waals surface area (Å²) in [5.74, 6) is 0.846. The molecular weight excluding hydrogens is 366 g/mol. The molecule has 2 aromatic heterocycles. The highest BCUT2D eigenvalue weighted by Gasteiger charge is 2.38. The number of nitrogens with one attached hydrogen (secondary N) is 3. The Morgan fingerprint density at radius 2 is 2.21 bits per heavy atom. The summed E-state index contributed by atoms with van der Waals surface area (Å²) in [4.78, 5) is 21.8. The minimum Gasteiger partial charge on any atom is -0.465 e. The summed E-state index contributed by atoms with van der Waals surface area (Å²) in [6, 6.07) is 3.54. The number of aromatic amines is 1. The second kappa shape index (κ2) is 8.42. The van der Waals surface area contributed by atoms with Gasteiger partial charge in [-0.25, -0.2) is 4.79 Å². The van der Waals surface area contributed by atoms with E-state index >= 15 is 0 Å². The Morgan fingerprint density at radius 3 is 2.75 bits per heavy atom. The molecule has 1 aliphatic heterocycles. The predicted molar refractivity (Wildman–Crippen MR) is 105 cm³/mol. The van der Waals surface area contributed by atoms with Crippen molar-refractivity contribution in [1.29, 1.82) is 0 Å². The predicted octanol–water partition coefficient (Wildman–Crippen LogP) is 3.28. The van der Waals surface area contributed by atoms with Crippen LogP contribution in [0.4, 0.5) is 10.6 Å². The van der Waals surface area contributed by atoms with E-state index in [1.165, 1.54) is 0 Å². The molecule has 0 aromatic carbocycles. The van der Waals surface area contributed by atoms with Crippen molar-refractivity contribution in [2.75, 3.05) is 11.9 Å². The second-order valence-electron chi connectivity index (χ2n) is 7.36. The zero-order valence-electron chi connectivity index (χ0n) is 15.9. The second-order valence-corrected chi connectivity index (χ2v) is 7.36. The van der Waals surface area contributed by atoms with Crippen LogP contribution in [0.3, 0.4) is 0 Å². The highest BCUT2D eigenvalue weighted by Crippen LogP contribution is 2.33. The summed E-state index contributed by atoms with van der Waals surface area (Å²) in [6.45, 7) is 4.49. The normalized spacial score (nSPS) is 19.4. The molecule has 2 aliphatic rings. The molecule has 0 bridgehead atoms. The number of anilines is 1. The number of H-pyrrole nitrogens is 1. The van der Waals surface area contributed by atoms with E-state index in [1.54, 1.807) is 12.1 Å². The van der Waals surface area contributed by atoms with Crippen LogP contribution in [0.15, 0.2) is 16.7 Å². The number of aryl methyl sites for hydroxylation is 1. The lowest BCUT2D eigenvalue weighted by Gasteiger charge is -2.04. The molecule has 2 fully saturated rings. The maximum Gasteiger partial charge on any atom is 0.405 e. The maximum atomic E-state index is 11.8. The Balaban J connectivity index is 0.000000704. The molecular formula is C18H31N5O5. The molecule has 2 amide bonds. The average molecular weight is 397 g/mol. The van der Waals surface area contributed by atoms with Crippen molar-refractivity contribution in [2.24, 2.45) is 0 Å². The number of hydrogen-bond acceptors (Lipinski definition) is 6. The molecule has 28 heavy (non-hydrogen) atoms. The minimum absolute atomic E-state index is 0. The van der Waals surface area contributed by atoms with E-state index in [9.17, 15) is 9.59 Å². The highest BCUT2D eigenvalue weighted by atomic mass is 16.5. The summed E-state index contributed by atoms with van der Waals surface area (Å²) in [7, 11) is 0. The first-order chi connectivity index (χ1) is 13.3. The summed E-state index contributed by atoms with van der Waals surface area (Å²) in [6.07, 6.45) is 3.29. The molecule has 3 heterocycles. The van der Waals surface area contributed by atoms with E-state index in [-0.39, 0.29) is 28.3 Å². The first kappa shape index (κ1) is 19.9. The standard InChI is InChI=1S/C13H16N4O3.C5H9NO2.3H2/c1-8-5-9(20-17-8)6-13(18)14-12-7-10(15-16-12)11-3-2-4-19-11;1-5(2-3-5)6-4(7)8;;;/h5,7,11H,2-4,6H2,1H3,(H2,14,15,16,18);6H,2-3H2,1H3,(H,7,8);3*1H/t11-;;;;/m0..../s1. The smallest absolute Gasteiger partial charge is 0.405 e. The number of rotatable bonds is 5. The molecule has 2 aromatic rings. The van der Waals surface area contributed by atoms with E-state index in [1.807, 2.05) is 13.8 Å². The van der Waals surface area contributed by atoms with Gasteiger partial charge < -0.3 is 25.0 Å². The first-order valence-corrected chi connectivity index (χ1v) is 9.23. The topological polar surface area (TPSA) is 142 Å². The van der Waals surface area contributed by atoms with Gasteiger partial charge in [-0.05, 0) is 39.5 Å². The number of aromatic nitrogens is 3. The summed E-state index contributed by atoms with van der Waals surface area (Å²) in [5.41, 5.74) is 1.58. The Hall–Kier alpha value is -2.88. The van der Waals surface area contributed by atoms with Crippen molar-refractivity contribution in [3.05, 3.63) is 29.3 Å². The van der Waals surface area contributed by atoms with E-state index in [2.05, 4.69) is 26.0 Å². The van der Waals surface area contributed by atoms with Gasteiger partial charge in [0.1, 0.15) is 5.76 Å². The lowest BCUT2D eigenvalue weighted by Crippen LogP contribution is -2.32. The number of hydrogen-bond donors (Lipinski definition) is 4. The SMILES string of the molecule is CC1(NC(=O)O)CC1.Cc1cc(CC(=O)Nc2cc([C@@H]3CCCO3)[nH]n2)on1.[HH].[HH].[HH]. The van der Waals surface area contributed by atoms with Gasteiger partial charge in [0.25, 0.3) is 0 Å². The third kappa shape index (κ3) is 5.81. The summed E-state index contributed by atoms with van der Waals surface area (Å²) >= 11 is 0. The third-order valence-corrected chi connectivity index (χ3v) is 4.56. The maximum absolute atomic E-state index is 11.8. The number of carbonyl (C=O) groups is 2. The zero-order chi connectivity index (χ0) is 20.1. The van der Waals surface area contributed by atoms with Crippen molar-refractivity contribution in [2.45, 2.75) is 57.6 Å². The molecule has 1 atom stereocenters. The van der Waals surface area contributed by atoms with Crippen LogP contribution in [0, 0.1) is 6.92 Å². The van der Waals surface area contributed by atoms with Gasteiger partial charge in [0.05, 0.1) is 23.9 Å². The van der Waals surface area contributed by atoms with Crippen LogP contribution in [0.25, 0.3) is 0 Å². The monoisotopic (exact) mass is 397 g/mol. The van der Waals surface area contributed by atoms with Crippen LogP contribution in [0.2, 0.25) is 0 Å². The Morgan fingerprint density at radius 1 is 1.43 bits per heavy atom. The fraction of sp³-hybridized carbons (Fsp3) is 0.556. The molecule has 1 saturated carbocycles. The highest BCUT2D eigenvalue weighted by molar-refractivity contribution is 5.91. The minimum atomic E-state index is -0.912. The molecule has 4 rings (SSSR count). The number of ether oxygens (including phenoxy) is 1. The molecule has 10 heteroatoms. The van der Waals surface area contributed by atoms with Gasteiger partial charge in [0.15, 0.2) is 5.82 Å². The number of nitrogens with zero attached hydrogens (tertiary/aromatic N) is 2. The Labute approximate surface area is 166 Å². The molecule has 0 unspecified atom stereocenters. The average Bonchev–Trinajstić information content (AvgIpc) is 3.10. The fourth-order valence-corrected chi connectivity index (χ4v) is 2.80. The van der Waals surface area contributed by atoms with Crippen LogP contribution in [0.5, 0.6) is 0 Å². The molecule has 4 N–H and O–H groups in total. The van der Waals surface area contributed by atoms with E-state index in [4.69, 9.17) is 14.4 Å². The van der Waals surface area contributed by atoms with Crippen molar-refractivity contribution in [3.8, 4) is 0 Å². The summed E-state index contributed by atoms with van der Waals surface area (Å²) in [5, 5.41) is 24.0. The Kier molecular flexibility index (Phi) is 5.98. The van der Waals surface area contributed by atoms with Crippen LogP contribution < -0.4 is 10.6 Å². The van der Waals surface area contributed by atoms with Crippen LogP contribution in [-0.4, -0.2) is 44.6 Å². The largest absolute Gasteiger partial charge is 0.465 e. The van der Waals surface area contributed by atoms with E-state index < -0.39 is 6.09 Å². The quantitative estimate of drug-likeness (QED) is 0.606. The van der Waals surface area contributed by atoms with Gasteiger partial charge in [-0.3, -0.25) is 9.89 Å². The molecule has 0 spiro atoms. The fourth-order valence-electron chi connectivity index (χ4n) is 2.80. The van der Waals surface area contributed by atoms with Crippen molar-refractivity contribution >= 4 is 17.8 Å². The third-order valence-electron chi connectivity index (χ3n) is 4.56. The van der Waals surface area contributed by atoms with Gasteiger partial charge in [0, 0.05) is 28.6 Å². The lowest BCUT2D eigenvalue weighted by molar-refractivity contribution is -0.115. The molecule has 1 saturated heterocycles. The molecule has 0 radical (unpaired) electrons. The number of amides is 2.